The largest absolute Gasteiger partial charge is 0.378 e. The van der Waals surface area contributed by atoms with Crippen molar-refractivity contribution >= 4 is 5.91 Å². The zero-order chi connectivity index (χ0) is 11.2. The van der Waals surface area contributed by atoms with Gasteiger partial charge in [-0.1, -0.05) is 13.8 Å². The van der Waals surface area contributed by atoms with Crippen LogP contribution in [-0.4, -0.2) is 25.2 Å². The molecule has 0 radical (unpaired) electrons. The maximum Gasteiger partial charge on any atom is 0.246 e. The number of rotatable bonds is 6. The molecule has 0 aliphatic rings. The van der Waals surface area contributed by atoms with Gasteiger partial charge in [0.15, 0.2) is 0 Å². The average Bonchev–Trinajstić information content (AvgIpc) is 2.02. The van der Waals surface area contributed by atoms with Crippen LogP contribution in [0.4, 0.5) is 0 Å². The number of ether oxygens (including phenoxy) is 1. The first-order valence-corrected chi connectivity index (χ1v) is 4.83. The van der Waals surface area contributed by atoms with Crippen molar-refractivity contribution < 1.29 is 14.4 Å². The van der Waals surface area contributed by atoms with Crippen LogP contribution in [0.25, 0.3) is 0 Å². The number of carbonyl (C=O) groups is 1. The first-order valence-electron chi connectivity index (χ1n) is 4.83. The Kier molecular flexibility index (Phi) is 5.72. The van der Waals surface area contributed by atoms with Gasteiger partial charge in [-0.3, -0.25) is 9.63 Å². The van der Waals surface area contributed by atoms with Crippen molar-refractivity contribution in [2.24, 2.45) is 5.92 Å². The third kappa shape index (κ3) is 6.86. The normalized spacial score (nSPS) is 11.9. The van der Waals surface area contributed by atoms with Crippen LogP contribution in [0.1, 0.15) is 34.1 Å². The van der Waals surface area contributed by atoms with Gasteiger partial charge in [-0.05, 0) is 19.8 Å². The minimum Gasteiger partial charge on any atom is -0.378 e. The molecule has 84 valence electrons. The molecular formula is C10H21NO3. The van der Waals surface area contributed by atoms with Gasteiger partial charge in [-0.15, -0.1) is 0 Å². The second-order valence-corrected chi connectivity index (χ2v) is 4.37. The fourth-order valence-corrected chi connectivity index (χ4v) is 0.784. The van der Waals surface area contributed by atoms with Crippen LogP contribution < -0.4 is 5.48 Å². The van der Waals surface area contributed by atoms with Gasteiger partial charge in [0.2, 0.25) is 5.91 Å². The summed E-state index contributed by atoms with van der Waals surface area (Å²) in [4.78, 5) is 16.3. The van der Waals surface area contributed by atoms with Crippen molar-refractivity contribution in [1.29, 1.82) is 0 Å². The number of carbonyl (C=O) groups excluding carboxylic acids is 1. The van der Waals surface area contributed by atoms with Gasteiger partial charge >= 0.3 is 0 Å². The molecule has 0 saturated heterocycles. The van der Waals surface area contributed by atoms with E-state index in [9.17, 15) is 4.79 Å². The zero-order valence-electron chi connectivity index (χ0n) is 9.72. The summed E-state index contributed by atoms with van der Waals surface area (Å²) in [5, 5.41) is 0. The molecule has 0 fully saturated rings. The summed E-state index contributed by atoms with van der Waals surface area (Å²) in [6, 6.07) is 0. The van der Waals surface area contributed by atoms with E-state index < -0.39 is 5.60 Å². The zero-order valence-corrected chi connectivity index (χ0v) is 9.72. The lowest BCUT2D eigenvalue weighted by atomic mass is 10.1. The Balaban J connectivity index is 3.66. The molecule has 0 heterocycles. The maximum absolute atomic E-state index is 11.3. The maximum atomic E-state index is 11.3. The summed E-state index contributed by atoms with van der Waals surface area (Å²) in [7, 11) is 1.59. The van der Waals surface area contributed by atoms with E-state index in [0.29, 0.717) is 18.9 Å². The number of nitrogens with one attached hydrogen (secondary N) is 1. The number of hydrogen-bond acceptors (Lipinski definition) is 3. The molecule has 0 aliphatic heterocycles. The minimum atomic E-state index is -0.439. The first kappa shape index (κ1) is 13.4. The third-order valence-corrected chi connectivity index (χ3v) is 1.74. The lowest BCUT2D eigenvalue weighted by Crippen LogP contribution is -2.34. The van der Waals surface area contributed by atoms with Gasteiger partial charge in [0, 0.05) is 7.11 Å². The van der Waals surface area contributed by atoms with E-state index in [1.807, 2.05) is 27.7 Å². The molecule has 0 unspecified atom stereocenters. The van der Waals surface area contributed by atoms with Crippen molar-refractivity contribution in [1.82, 2.24) is 5.48 Å². The second kappa shape index (κ2) is 5.98. The molecule has 0 rings (SSSR count). The number of hydrogen-bond donors (Lipinski definition) is 1. The Bertz CT molecular complexity index is 178. The van der Waals surface area contributed by atoms with Gasteiger partial charge in [0.1, 0.15) is 0 Å². The van der Waals surface area contributed by atoms with Crippen LogP contribution in [0, 0.1) is 5.92 Å². The Hall–Kier alpha value is -0.610. The Morgan fingerprint density at radius 1 is 1.43 bits per heavy atom. The number of methoxy groups -OCH3 is 1. The van der Waals surface area contributed by atoms with Gasteiger partial charge in [-0.2, -0.15) is 0 Å². The highest BCUT2D eigenvalue weighted by Gasteiger charge is 2.20. The Morgan fingerprint density at radius 3 is 2.43 bits per heavy atom. The molecule has 0 aromatic heterocycles. The van der Waals surface area contributed by atoms with Crippen LogP contribution >= 0.6 is 0 Å². The van der Waals surface area contributed by atoms with Crippen LogP contribution in [0.2, 0.25) is 0 Å². The van der Waals surface area contributed by atoms with Gasteiger partial charge in [-0.25, -0.2) is 5.48 Å². The van der Waals surface area contributed by atoms with Crippen molar-refractivity contribution in [3.63, 3.8) is 0 Å². The SMILES string of the molecule is COC(C)(C)CC(=O)NOCC(C)C. The van der Waals surface area contributed by atoms with Crippen molar-refractivity contribution in [2.75, 3.05) is 13.7 Å². The Labute approximate surface area is 85.9 Å². The Morgan fingerprint density at radius 2 is 2.00 bits per heavy atom. The van der Waals surface area contributed by atoms with E-state index in [4.69, 9.17) is 9.57 Å². The summed E-state index contributed by atoms with van der Waals surface area (Å²) in [5.41, 5.74) is 1.95. The highest BCUT2D eigenvalue weighted by Crippen LogP contribution is 2.12. The molecule has 0 bridgehead atoms. The predicted octanol–water partition coefficient (Wildman–Crippen LogP) is 1.51. The standard InChI is InChI=1S/C10H21NO3/c1-8(2)7-14-11-9(12)6-10(3,4)13-5/h8H,6-7H2,1-5H3,(H,11,12). The molecule has 14 heavy (non-hydrogen) atoms. The highest BCUT2D eigenvalue weighted by atomic mass is 16.7. The molecule has 0 spiro atoms. The fourth-order valence-electron chi connectivity index (χ4n) is 0.784. The van der Waals surface area contributed by atoms with Crippen molar-refractivity contribution in [3.8, 4) is 0 Å². The summed E-state index contributed by atoms with van der Waals surface area (Å²) < 4.78 is 5.12. The third-order valence-electron chi connectivity index (χ3n) is 1.74. The minimum absolute atomic E-state index is 0.155. The number of amides is 1. The molecule has 0 aromatic carbocycles. The van der Waals surface area contributed by atoms with Gasteiger partial charge < -0.3 is 4.74 Å². The molecule has 0 aliphatic carbocycles. The van der Waals surface area contributed by atoms with Crippen molar-refractivity contribution in [3.05, 3.63) is 0 Å². The molecule has 0 saturated carbocycles. The predicted molar refractivity (Wildman–Crippen MR) is 54.6 cm³/mol. The highest BCUT2D eigenvalue weighted by molar-refractivity contribution is 5.75. The van der Waals surface area contributed by atoms with Crippen LogP contribution in [-0.2, 0) is 14.4 Å². The van der Waals surface area contributed by atoms with Gasteiger partial charge in [0.05, 0.1) is 18.6 Å². The van der Waals surface area contributed by atoms with Crippen LogP contribution in [0.5, 0.6) is 0 Å². The summed E-state index contributed by atoms with van der Waals surface area (Å²) in [5.74, 6) is 0.253. The van der Waals surface area contributed by atoms with Crippen molar-refractivity contribution in [2.45, 2.75) is 39.7 Å². The quantitative estimate of drug-likeness (QED) is 0.665. The summed E-state index contributed by atoms with van der Waals surface area (Å²) >= 11 is 0. The van der Waals surface area contributed by atoms with E-state index in [1.54, 1.807) is 7.11 Å². The van der Waals surface area contributed by atoms with E-state index in [1.165, 1.54) is 0 Å². The second-order valence-electron chi connectivity index (χ2n) is 4.37. The fraction of sp³-hybridized carbons (Fsp3) is 0.900. The smallest absolute Gasteiger partial charge is 0.246 e. The van der Waals surface area contributed by atoms with Gasteiger partial charge in [0.25, 0.3) is 0 Å². The molecule has 0 aromatic rings. The number of hydroxylamine groups is 1. The monoisotopic (exact) mass is 203 g/mol. The molecule has 1 amide bonds. The summed E-state index contributed by atoms with van der Waals surface area (Å²) in [6.07, 6.45) is 0.293. The average molecular weight is 203 g/mol. The molecular weight excluding hydrogens is 182 g/mol. The molecule has 4 heteroatoms. The van der Waals surface area contributed by atoms with Crippen LogP contribution in [0.15, 0.2) is 0 Å². The van der Waals surface area contributed by atoms with E-state index in [2.05, 4.69) is 5.48 Å². The lowest BCUT2D eigenvalue weighted by Gasteiger charge is -2.21. The molecule has 1 N–H and O–H groups in total. The van der Waals surface area contributed by atoms with E-state index in [0.717, 1.165) is 0 Å². The topological polar surface area (TPSA) is 47.6 Å². The molecule has 0 atom stereocenters. The van der Waals surface area contributed by atoms with E-state index in [-0.39, 0.29) is 5.91 Å². The van der Waals surface area contributed by atoms with Crippen LogP contribution in [0.3, 0.4) is 0 Å². The lowest BCUT2D eigenvalue weighted by molar-refractivity contribution is -0.139. The van der Waals surface area contributed by atoms with E-state index >= 15 is 0 Å². The summed E-state index contributed by atoms with van der Waals surface area (Å²) in [6.45, 7) is 8.28. The first-order chi connectivity index (χ1) is 6.37. The molecule has 4 nitrogen and oxygen atoms in total.